The van der Waals surface area contributed by atoms with Gasteiger partial charge in [0, 0.05) is 13.1 Å². The van der Waals surface area contributed by atoms with Crippen LogP contribution in [-0.4, -0.2) is 57.2 Å². The fourth-order valence-electron chi connectivity index (χ4n) is 1.47. The van der Waals surface area contributed by atoms with Crippen molar-refractivity contribution >= 4 is 23.2 Å². The molecule has 0 saturated heterocycles. The maximum absolute atomic E-state index is 12.1. The highest BCUT2D eigenvalue weighted by Gasteiger charge is 2.25. The molecule has 1 rings (SSSR count). The van der Waals surface area contributed by atoms with Gasteiger partial charge in [-0.25, -0.2) is 4.98 Å². The van der Waals surface area contributed by atoms with Crippen LogP contribution in [0.15, 0.2) is 12.3 Å². The lowest BCUT2D eigenvalue weighted by molar-refractivity contribution is -0.385. The summed E-state index contributed by atoms with van der Waals surface area (Å²) in [4.78, 5) is 26.8. The van der Waals surface area contributed by atoms with Gasteiger partial charge in [0.05, 0.1) is 18.1 Å². The molecule has 0 aliphatic rings. The summed E-state index contributed by atoms with van der Waals surface area (Å²) < 4.78 is 0. The van der Waals surface area contributed by atoms with E-state index in [0.717, 1.165) is 17.2 Å². The Morgan fingerprint density at radius 2 is 2.00 bits per heavy atom. The first kappa shape index (κ1) is 15.3. The third-order valence-corrected chi connectivity index (χ3v) is 2.51. The van der Waals surface area contributed by atoms with Crippen molar-refractivity contribution in [3.05, 3.63) is 33.1 Å². The molecule has 19 heavy (non-hydrogen) atoms. The number of hydrogen-bond donors (Lipinski definition) is 2. The molecule has 0 bridgehead atoms. The predicted molar refractivity (Wildman–Crippen MR) is 66.0 cm³/mol. The Morgan fingerprint density at radius 3 is 2.47 bits per heavy atom. The van der Waals surface area contributed by atoms with Crippen molar-refractivity contribution in [2.24, 2.45) is 0 Å². The van der Waals surface area contributed by atoms with Crippen LogP contribution in [0.5, 0.6) is 0 Å². The van der Waals surface area contributed by atoms with Crippen LogP contribution in [0.1, 0.15) is 10.4 Å². The first-order chi connectivity index (χ1) is 9.01. The van der Waals surface area contributed by atoms with Crippen molar-refractivity contribution in [3.63, 3.8) is 0 Å². The summed E-state index contributed by atoms with van der Waals surface area (Å²) >= 11 is 5.62. The van der Waals surface area contributed by atoms with Gasteiger partial charge < -0.3 is 15.1 Å². The highest BCUT2D eigenvalue weighted by Crippen LogP contribution is 2.21. The number of hydrogen-bond acceptors (Lipinski definition) is 6. The van der Waals surface area contributed by atoms with E-state index in [4.69, 9.17) is 21.8 Å². The first-order valence-corrected chi connectivity index (χ1v) is 5.70. The molecule has 0 saturated carbocycles. The minimum Gasteiger partial charge on any atom is -0.395 e. The van der Waals surface area contributed by atoms with Crippen LogP contribution in [0.25, 0.3) is 0 Å². The van der Waals surface area contributed by atoms with Crippen LogP contribution >= 0.6 is 11.6 Å². The Balaban J connectivity index is 3.15. The maximum Gasteiger partial charge on any atom is 0.300 e. The second-order valence-corrected chi connectivity index (χ2v) is 3.91. The van der Waals surface area contributed by atoms with Gasteiger partial charge in [-0.1, -0.05) is 11.6 Å². The van der Waals surface area contributed by atoms with Crippen LogP contribution in [0.3, 0.4) is 0 Å². The van der Waals surface area contributed by atoms with E-state index in [1.165, 1.54) is 0 Å². The number of carbonyl (C=O) groups excluding carboxylic acids is 1. The van der Waals surface area contributed by atoms with E-state index in [9.17, 15) is 14.9 Å². The molecule has 2 N–H and O–H groups in total. The smallest absolute Gasteiger partial charge is 0.300 e. The summed E-state index contributed by atoms with van der Waals surface area (Å²) in [5.74, 6) is -0.695. The molecule has 104 valence electrons. The van der Waals surface area contributed by atoms with Crippen LogP contribution in [-0.2, 0) is 0 Å². The van der Waals surface area contributed by atoms with E-state index in [1.54, 1.807) is 0 Å². The van der Waals surface area contributed by atoms with Gasteiger partial charge in [0.1, 0.15) is 16.9 Å². The minimum atomic E-state index is -0.743. The molecule has 9 heteroatoms. The highest BCUT2D eigenvalue weighted by atomic mass is 35.5. The number of pyridine rings is 1. The zero-order valence-corrected chi connectivity index (χ0v) is 10.6. The molecular weight excluding hydrogens is 278 g/mol. The summed E-state index contributed by atoms with van der Waals surface area (Å²) in [6.07, 6.45) is 0.894. The molecule has 0 aliphatic carbocycles. The summed E-state index contributed by atoms with van der Waals surface area (Å²) in [7, 11) is 0. The largest absolute Gasteiger partial charge is 0.395 e. The van der Waals surface area contributed by atoms with Gasteiger partial charge in [-0.15, -0.1) is 0 Å². The van der Waals surface area contributed by atoms with Crippen molar-refractivity contribution in [2.45, 2.75) is 0 Å². The summed E-state index contributed by atoms with van der Waals surface area (Å²) in [5, 5.41) is 28.5. The van der Waals surface area contributed by atoms with Crippen LogP contribution in [0.4, 0.5) is 5.69 Å². The predicted octanol–water partition coefficient (Wildman–Crippen LogP) is 0.0700. The Hall–Kier alpha value is -1.77. The molecule has 1 aromatic heterocycles. The van der Waals surface area contributed by atoms with E-state index in [2.05, 4.69) is 4.98 Å². The highest BCUT2D eigenvalue weighted by molar-refractivity contribution is 6.29. The van der Waals surface area contributed by atoms with Gasteiger partial charge in [0.25, 0.3) is 11.6 Å². The fourth-order valence-corrected chi connectivity index (χ4v) is 1.62. The molecule has 1 amide bonds. The number of nitrogens with zero attached hydrogens (tertiary/aromatic N) is 3. The second kappa shape index (κ2) is 6.98. The van der Waals surface area contributed by atoms with E-state index < -0.39 is 16.5 Å². The average Bonchev–Trinajstić information content (AvgIpc) is 2.37. The number of rotatable bonds is 6. The lowest BCUT2D eigenvalue weighted by atomic mass is 10.2. The van der Waals surface area contributed by atoms with Gasteiger partial charge in [-0.2, -0.15) is 0 Å². The molecule has 0 aliphatic heterocycles. The van der Waals surface area contributed by atoms with E-state index >= 15 is 0 Å². The molecule has 0 unspecified atom stereocenters. The molecule has 0 aromatic carbocycles. The van der Waals surface area contributed by atoms with Crippen LogP contribution in [0.2, 0.25) is 5.15 Å². The van der Waals surface area contributed by atoms with Gasteiger partial charge in [0.15, 0.2) is 0 Å². The molecule has 0 fully saturated rings. The Kier molecular flexibility index (Phi) is 5.61. The molecule has 0 atom stereocenters. The molecular formula is C10H12ClN3O5. The summed E-state index contributed by atoms with van der Waals surface area (Å²) in [6.45, 7) is -0.732. The topological polar surface area (TPSA) is 117 Å². The van der Waals surface area contributed by atoms with Gasteiger partial charge in [-0.05, 0) is 6.07 Å². The van der Waals surface area contributed by atoms with E-state index in [0.29, 0.717) is 0 Å². The average molecular weight is 290 g/mol. The molecule has 0 spiro atoms. The number of nitro groups is 1. The minimum absolute atomic E-state index is 0.0451. The molecule has 8 nitrogen and oxygen atoms in total. The zero-order valence-electron chi connectivity index (χ0n) is 9.82. The zero-order chi connectivity index (χ0) is 14.4. The SMILES string of the molecule is O=C(c1cc(Cl)ncc1[N+](=O)[O-])N(CCO)CCO. The lowest BCUT2D eigenvalue weighted by Crippen LogP contribution is -2.36. The molecule has 1 aromatic rings. The Bertz CT molecular complexity index is 476. The van der Waals surface area contributed by atoms with Crippen molar-refractivity contribution in [3.8, 4) is 0 Å². The van der Waals surface area contributed by atoms with Crippen molar-refractivity contribution in [2.75, 3.05) is 26.3 Å². The van der Waals surface area contributed by atoms with Crippen molar-refractivity contribution in [1.29, 1.82) is 0 Å². The van der Waals surface area contributed by atoms with Gasteiger partial charge in [0.2, 0.25) is 0 Å². The van der Waals surface area contributed by atoms with Crippen molar-refractivity contribution < 1.29 is 19.9 Å². The Morgan fingerprint density at radius 1 is 1.42 bits per heavy atom. The number of aliphatic hydroxyl groups is 2. The van der Waals surface area contributed by atoms with E-state index in [-0.39, 0.29) is 37.0 Å². The third kappa shape index (κ3) is 3.85. The van der Waals surface area contributed by atoms with E-state index in [1.807, 2.05) is 0 Å². The standard InChI is InChI=1S/C10H12ClN3O5/c11-9-5-7(8(6-12-9)14(18)19)10(17)13(1-3-15)2-4-16/h5-6,15-16H,1-4H2. The van der Waals surface area contributed by atoms with Crippen LogP contribution < -0.4 is 0 Å². The number of carbonyl (C=O) groups is 1. The van der Waals surface area contributed by atoms with Crippen molar-refractivity contribution in [1.82, 2.24) is 9.88 Å². The summed E-state index contributed by atoms with van der Waals surface area (Å²) in [6, 6.07) is 1.09. The molecule has 1 heterocycles. The number of aliphatic hydroxyl groups excluding tert-OH is 2. The first-order valence-electron chi connectivity index (χ1n) is 5.32. The lowest BCUT2D eigenvalue weighted by Gasteiger charge is -2.20. The molecule has 0 radical (unpaired) electrons. The van der Waals surface area contributed by atoms with Gasteiger partial charge in [-0.3, -0.25) is 14.9 Å². The maximum atomic E-state index is 12.1. The summed E-state index contributed by atoms with van der Waals surface area (Å²) in [5.41, 5.74) is -0.706. The monoisotopic (exact) mass is 289 g/mol. The number of halogens is 1. The second-order valence-electron chi connectivity index (χ2n) is 3.52. The number of amides is 1. The third-order valence-electron chi connectivity index (χ3n) is 2.30. The van der Waals surface area contributed by atoms with Crippen LogP contribution in [0, 0.1) is 10.1 Å². The Labute approximate surface area is 113 Å². The fraction of sp³-hybridized carbons (Fsp3) is 0.400. The quantitative estimate of drug-likeness (QED) is 0.435. The normalized spacial score (nSPS) is 10.3. The van der Waals surface area contributed by atoms with Gasteiger partial charge >= 0.3 is 0 Å². The number of aromatic nitrogens is 1.